The summed E-state index contributed by atoms with van der Waals surface area (Å²) < 4.78 is 36.7. The van der Waals surface area contributed by atoms with Crippen LogP contribution in [-0.4, -0.2) is 44.5 Å². The Morgan fingerprint density at radius 3 is 2.67 bits per heavy atom. The van der Waals surface area contributed by atoms with Crippen LogP contribution in [0.1, 0.15) is 11.1 Å². The van der Waals surface area contributed by atoms with E-state index in [1.54, 1.807) is 36.4 Å². The molecule has 0 bridgehead atoms. The Bertz CT molecular complexity index is 1030. The summed E-state index contributed by atoms with van der Waals surface area (Å²) in [4.78, 5) is 27.8. The van der Waals surface area contributed by atoms with Crippen molar-refractivity contribution in [2.75, 3.05) is 12.9 Å². The largest absolute Gasteiger partial charge is 0.487 e. The molecule has 160 valence electrons. The maximum atomic E-state index is 12.8. The molecule has 0 fully saturated rings. The highest BCUT2D eigenvalue weighted by molar-refractivity contribution is 7.88. The van der Waals surface area contributed by atoms with Crippen LogP contribution in [0.15, 0.2) is 48.5 Å². The van der Waals surface area contributed by atoms with E-state index in [0.29, 0.717) is 5.56 Å². The molecular formula is C19H20N2O8S. The van der Waals surface area contributed by atoms with Gasteiger partial charge in [-0.05, 0) is 18.1 Å². The minimum Gasteiger partial charge on any atom is -0.487 e. The SMILES string of the molecule is CS(=O)(=O)N[C@@H](Cc1ccccc1)C(=O)Oc1cccc2c1OC[C@H](O[N+](=O)[O-])C2. The summed E-state index contributed by atoms with van der Waals surface area (Å²) in [5.41, 5.74) is 1.33. The first-order valence-electron chi connectivity index (χ1n) is 9.00. The number of esters is 1. The van der Waals surface area contributed by atoms with Crippen LogP contribution >= 0.6 is 0 Å². The molecule has 0 unspecified atom stereocenters. The molecule has 1 N–H and O–H groups in total. The molecule has 2 aromatic carbocycles. The van der Waals surface area contributed by atoms with E-state index < -0.39 is 33.2 Å². The average Bonchev–Trinajstić information content (AvgIpc) is 2.67. The van der Waals surface area contributed by atoms with Crippen molar-refractivity contribution in [3.05, 3.63) is 69.8 Å². The Balaban J connectivity index is 1.78. The smallest absolute Gasteiger partial charge is 0.330 e. The molecule has 11 heteroatoms. The van der Waals surface area contributed by atoms with Gasteiger partial charge in [0.25, 0.3) is 5.09 Å². The summed E-state index contributed by atoms with van der Waals surface area (Å²) in [6.07, 6.45) is 0.496. The van der Waals surface area contributed by atoms with Crippen molar-refractivity contribution < 1.29 is 32.6 Å². The Morgan fingerprint density at radius 2 is 2.00 bits per heavy atom. The minimum absolute atomic E-state index is 0.0857. The minimum atomic E-state index is -3.68. The molecule has 0 aliphatic carbocycles. The molecular weight excluding hydrogens is 416 g/mol. The predicted molar refractivity (Wildman–Crippen MR) is 105 cm³/mol. The number of ether oxygens (including phenoxy) is 2. The first-order chi connectivity index (χ1) is 14.2. The predicted octanol–water partition coefficient (Wildman–Crippen LogP) is 1.26. The van der Waals surface area contributed by atoms with Crippen molar-refractivity contribution in [3.63, 3.8) is 0 Å². The van der Waals surface area contributed by atoms with Gasteiger partial charge in [-0.3, -0.25) is 0 Å². The second-order valence-corrected chi connectivity index (χ2v) is 8.54. The van der Waals surface area contributed by atoms with E-state index in [2.05, 4.69) is 9.56 Å². The highest BCUT2D eigenvalue weighted by Gasteiger charge is 2.29. The van der Waals surface area contributed by atoms with Crippen molar-refractivity contribution in [1.82, 2.24) is 4.72 Å². The number of rotatable bonds is 8. The average molecular weight is 436 g/mol. The van der Waals surface area contributed by atoms with E-state index in [9.17, 15) is 23.3 Å². The third-order valence-corrected chi connectivity index (χ3v) is 5.00. The molecule has 0 amide bonds. The number of carbonyl (C=O) groups excluding carboxylic acids is 1. The molecule has 2 atom stereocenters. The number of nitrogens with zero attached hydrogens (tertiary/aromatic N) is 1. The topological polar surface area (TPSA) is 134 Å². The van der Waals surface area contributed by atoms with Gasteiger partial charge >= 0.3 is 5.97 Å². The molecule has 0 saturated heterocycles. The lowest BCUT2D eigenvalue weighted by atomic mass is 10.0. The van der Waals surface area contributed by atoms with Gasteiger partial charge in [-0.2, -0.15) is 0 Å². The van der Waals surface area contributed by atoms with Crippen LogP contribution in [0.3, 0.4) is 0 Å². The van der Waals surface area contributed by atoms with Gasteiger partial charge in [-0.1, -0.05) is 42.5 Å². The monoisotopic (exact) mass is 436 g/mol. The summed E-state index contributed by atoms with van der Waals surface area (Å²) in [6.45, 7) is -0.0857. The van der Waals surface area contributed by atoms with Crippen molar-refractivity contribution in [3.8, 4) is 11.5 Å². The fourth-order valence-corrected chi connectivity index (χ4v) is 3.79. The molecule has 0 spiro atoms. The summed E-state index contributed by atoms with van der Waals surface area (Å²) in [5.74, 6) is -0.428. The first-order valence-corrected chi connectivity index (χ1v) is 10.9. The molecule has 3 rings (SSSR count). The van der Waals surface area contributed by atoms with Crippen molar-refractivity contribution in [2.45, 2.75) is 25.0 Å². The highest BCUT2D eigenvalue weighted by atomic mass is 32.2. The third kappa shape index (κ3) is 5.91. The van der Waals surface area contributed by atoms with Gasteiger partial charge in [0.15, 0.2) is 11.5 Å². The zero-order valence-electron chi connectivity index (χ0n) is 16.0. The number of hydrogen-bond acceptors (Lipinski definition) is 8. The van der Waals surface area contributed by atoms with Crippen molar-refractivity contribution in [1.29, 1.82) is 0 Å². The maximum Gasteiger partial charge on any atom is 0.330 e. The Hall–Kier alpha value is -3.18. The summed E-state index contributed by atoms with van der Waals surface area (Å²) in [6, 6.07) is 12.6. The molecule has 30 heavy (non-hydrogen) atoms. The van der Waals surface area contributed by atoms with E-state index in [4.69, 9.17) is 9.47 Å². The van der Waals surface area contributed by atoms with Crippen LogP contribution in [-0.2, 0) is 32.5 Å². The Kier molecular flexibility index (Phi) is 6.53. The number of sulfonamides is 1. The number of para-hydroxylation sites is 1. The summed E-state index contributed by atoms with van der Waals surface area (Å²) in [5, 5.41) is 9.65. The van der Waals surface area contributed by atoms with Gasteiger partial charge in [0.1, 0.15) is 18.8 Å². The molecule has 10 nitrogen and oxygen atoms in total. The summed E-state index contributed by atoms with van der Waals surface area (Å²) >= 11 is 0. The van der Waals surface area contributed by atoms with Gasteiger partial charge in [-0.25, -0.2) is 17.9 Å². The van der Waals surface area contributed by atoms with E-state index in [-0.39, 0.29) is 30.9 Å². The molecule has 0 saturated carbocycles. The van der Waals surface area contributed by atoms with E-state index in [1.165, 1.54) is 6.07 Å². The van der Waals surface area contributed by atoms with E-state index in [0.717, 1.165) is 11.8 Å². The number of fused-ring (bicyclic) bond motifs is 1. The number of benzene rings is 2. The standard InChI is InChI=1S/C19H20N2O8S/c1-30(25,26)20-16(10-13-6-3-2-4-7-13)19(22)28-17-9-5-8-14-11-15(29-21(23)24)12-27-18(14)17/h2-9,15-16,20H,10-12H2,1H3/t15-,16+/m1/s1. The fourth-order valence-electron chi connectivity index (χ4n) is 3.10. The normalized spacial score (nSPS) is 16.6. The van der Waals surface area contributed by atoms with Gasteiger partial charge in [-0.15, -0.1) is 10.1 Å². The molecule has 0 aromatic heterocycles. The second-order valence-electron chi connectivity index (χ2n) is 6.76. The third-order valence-electron chi connectivity index (χ3n) is 4.29. The van der Waals surface area contributed by atoms with Gasteiger partial charge in [0.05, 0.1) is 6.26 Å². The van der Waals surface area contributed by atoms with Gasteiger partial charge in [0, 0.05) is 12.0 Å². The second kappa shape index (κ2) is 9.09. The summed E-state index contributed by atoms with van der Waals surface area (Å²) in [7, 11) is -3.68. The van der Waals surface area contributed by atoms with Crippen molar-refractivity contribution >= 4 is 16.0 Å². The van der Waals surface area contributed by atoms with E-state index >= 15 is 0 Å². The zero-order valence-corrected chi connectivity index (χ0v) is 16.8. The number of carbonyl (C=O) groups is 1. The lowest BCUT2D eigenvalue weighted by molar-refractivity contribution is -0.769. The quantitative estimate of drug-likeness (QED) is 0.283. The lowest BCUT2D eigenvalue weighted by Crippen LogP contribution is -2.44. The van der Waals surface area contributed by atoms with Crippen LogP contribution in [0, 0.1) is 10.1 Å². The van der Waals surface area contributed by atoms with Crippen molar-refractivity contribution in [2.24, 2.45) is 0 Å². The molecule has 1 aliphatic heterocycles. The first kappa shape index (κ1) is 21.5. The van der Waals surface area contributed by atoms with Crippen LogP contribution in [0.4, 0.5) is 0 Å². The molecule has 2 aromatic rings. The van der Waals surface area contributed by atoms with Gasteiger partial charge < -0.3 is 14.3 Å². The fraction of sp³-hybridized carbons (Fsp3) is 0.316. The molecule has 1 heterocycles. The highest BCUT2D eigenvalue weighted by Crippen LogP contribution is 2.35. The maximum absolute atomic E-state index is 12.8. The van der Waals surface area contributed by atoms with E-state index in [1.807, 2.05) is 6.07 Å². The number of hydrogen-bond donors (Lipinski definition) is 1. The Morgan fingerprint density at radius 1 is 1.27 bits per heavy atom. The Labute approximate surface area is 172 Å². The zero-order chi connectivity index (χ0) is 21.7. The van der Waals surface area contributed by atoms with Crippen LogP contribution < -0.4 is 14.2 Å². The number of nitrogens with one attached hydrogen (secondary N) is 1. The van der Waals surface area contributed by atoms with Crippen LogP contribution in [0.5, 0.6) is 11.5 Å². The van der Waals surface area contributed by atoms with Gasteiger partial charge in [0.2, 0.25) is 10.0 Å². The molecule has 0 radical (unpaired) electrons. The van der Waals surface area contributed by atoms with Crippen LogP contribution in [0.2, 0.25) is 0 Å². The van der Waals surface area contributed by atoms with Crippen LogP contribution in [0.25, 0.3) is 0 Å². The molecule has 1 aliphatic rings. The lowest BCUT2D eigenvalue weighted by Gasteiger charge is -2.25.